The van der Waals surface area contributed by atoms with Crippen molar-refractivity contribution in [2.45, 2.75) is 12.8 Å². The van der Waals surface area contributed by atoms with Gasteiger partial charge in [-0.15, -0.1) is 0 Å². The summed E-state index contributed by atoms with van der Waals surface area (Å²) in [5.41, 5.74) is 0.981. The first-order valence-electron chi connectivity index (χ1n) is 4.16. The van der Waals surface area contributed by atoms with Crippen molar-refractivity contribution in [3.8, 4) is 0 Å². The lowest BCUT2D eigenvalue weighted by atomic mass is 10.1. The Kier molecular flexibility index (Phi) is 3.67. The number of hydrogen-bond acceptors (Lipinski definition) is 3. The number of esters is 1. The standard InChI is InChI=1S/C10H10O4/c11-9(14-10(12)13)7-6-8-4-2-1-3-5-8/h1-5H,6-7H2,(H,12,13). The number of aryl methyl sites for hydroxylation is 1. The Balaban J connectivity index is 2.34. The molecule has 0 aliphatic carbocycles. The summed E-state index contributed by atoms with van der Waals surface area (Å²) >= 11 is 0. The number of carboxylic acid groups (broad SMARTS) is 1. The van der Waals surface area contributed by atoms with Crippen LogP contribution in [0.25, 0.3) is 0 Å². The number of hydrogen-bond donors (Lipinski definition) is 1. The maximum absolute atomic E-state index is 10.8. The number of carbonyl (C=O) groups excluding carboxylic acids is 1. The summed E-state index contributed by atoms with van der Waals surface area (Å²) in [7, 11) is 0. The van der Waals surface area contributed by atoms with Crippen molar-refractivity contribution >= 4 is 12.1 Å². The molecule has 74 valence electrons. The third-order valence-corrected chi connectivity index (χ3v) is 1.66. The van der Waals surface area contributed by atoms with Crippen molar-refractivity contribution in [1.29, 1.82) is 0 Å². The topological polar surface area (TPSA) is 63.6 Å². The van der Waals surface area contributed by atoms with Gasteiger partial charge in [-0.25, -0.2) is 4.79 Å². The van der Waals surface area contributed by atoms with Gasteiger partial charge in [-0.3, -0.25) is 4.79 Å². The molecule has 0 fully saturated rings. The summed E-state index contributed by atoms with van der Waals surface area (Å²) < 4.78 is 3.95. The fraction of sp³-hybridized carbons (Fsp3) is 0.200. The molecule has 1 rings (SSSR count). The van der Waals surface area contributed by atoms with Gasteiger partial charge in [-0.05, 0) is 12.0 Å². The zero-order valence-electron chi connectivity index (χ0n) is 7.47. The average Bonchev–Trinajstić information content (AvgIpc) is 2.15. The molecule has 0 saturated carbocycles. The third kappa shape index (κ3) is 3.71. The van der Waals surface area contributed by atoms with Crippen LogP contribution in [0, 0.1) is 0 Å². The smallest absolute Gasteiger partial charge is 0.449 e. The fourth-order valence-electron chi connectivity index (χ4n) is 1.04. The molecule has 0 bridgehead atoms. The lowest BCUT2D eigenvalue weighted by Crippen LogP contribution is -2.10. The van der Waals surface area contributed by atoms with E-state index >= 15 is 0 Å². The first-order chi connectivity index (χ1) is 6.68. The van der Waals surface area contributed by atoms with Crippen LogP contribution in [0.15, 0.2) is 30.3 Å². The Morgan fingerprint density at radius 3 is 2.43 bits per heavy atom. The highest BCUT2D eigenvalue weighted by Crippen LogP contribution is 2.03. The molecule has 0 radical (unpaired) electrons. The minimum atomic E-state index is -1.55. The Hall–Kier alpha value is -1.84. The molecular weight excluding hydrogens is 184 g/mol. The summed E-state index contributed by atoms with van der Waals surface area (Å²) in [5.74, 6) is -0.721. The van der Waals surface area contributed by atoms with Crippen molar-refractivity contribution in [2.75, 3.05) is 0 Å². The van der Waals surface area contributed by atoms with Crippen molar-refractivity contribution in [1.82, 2.24) is 0 Å². The van der Waals surface area contributed by atoms with Gasteiger partial charge in [0, 0.05) is 0 Å². The number of ether oxygens (including phenoxy) is 1. The summed E-state index contributed by atoms with van der Waals surface area (Å²) in [4.78, 5) is 20.8. The Bertz CT molecular complexity index is 318. The molecule has 1 N–H and O–H groups in total. The normalized spacial score (nSPS) is 9.43. The Morgan fingerprint density at radius 1 is 1.21 bits per heavy atom. The molecule has 4 nitrogen and oxygen atoms in total. The highest BCUT2D eigenvalue weighted by molar-refractivity contribution is 5.80. The fourth-order valence-corrected chi connectivity index (χ4v) is 1.04. The quantitative estimate of drug-likeness (QED) is 0.589. The van der Waals surface area contributed by atoms with Crippen molar-refractivity contribution in [2.24, 2.45) is 0 Å². The van der Waals surface area contributed by atoms with Crippen LogP contribution in [0.5, 0.6) is 0 Å². The largest absolute Gasteiger partial charge is 0.513 e. The van der Waals surface area contributed by atoms with Crippen LogP contribution in [0.4, 0.5) is 4.79 Å². The molecule has 0 unspecified atom stereocenters. The first-order valence-corrected chi connectivity index (χ1v) is 4.16. The molecule has 1 aromatic rings. The zero-order chi connectivity index (χ0) is 10.4. The van der Waals surface area contributed by atoms with E-state index in [0.29, 0.717) is 6.42 Å². The minimum Gasteiger partial charge on any atom is -0.449 e. The highest BCUT2D eigenvalue weighted by Gasteiger charge is 2.07. The van der Waals surface area contributed by atoms with E-state index < -0.39 is 12.1 Å². The van der Waals surface area contributed by atoms with E-state index in [4.69, 9.17) is 5.11 Å². The van der Waals surface area contributed by atoms with E-state index in [2.05, 4.69) is 4.74 Å². The number of rotatable bonds is 3. The van der Waals surface area contributed by atoms with Crippen LogP contribution in [0.3, 0.4) is 0 Å². The average molecular weight is 194 g/mol. The second kappa shape index (κ2) is 5.01. The van der Waals surface area contributed by atoms with E-state index in [1.54, 1.807) is 0 Å². The first kappa shape index (κ1) is 10.2. The second-order valence-electron chi connectivity index (χ2n) is 2.73. The predicted molar refractivity (Wildman–Crippen MR) is 48.9 cm³/mol. The van der Waals surface area contributed by atoms with Gasteiger partial charge in [-0.1, -0.05) is 30.3 Å². The molecule has 0 aliphatic heterocycles. The lowest BCUT2D eigenvalue weighted by molar-refractivity contribution is -0.138. The Labute approximate surface area is 81.1 Å². The minimum absolute atomic E-state index is 0.0797. The summed E-state index contributed by atoms with van der Waals surface area (Å²) in [6, 6.07) is 9.33. The molecule has 0 spiro atoms. The van der Waals surface area contributed by atoms with E-state index in [1.807, 2.05) is 30.3 Å². The SMILES string of the molecule is O=C(O)OC(=O)CCc1ccccc1. The van der Waals surface area contributed by atoms with Gasteiger partial charge >= 0.3 is 12.1 Å². The molecule has 0 aliphatic rings. The van der Waals surface area contributed by atoms with Crippen LogP contribution in [0.2, 0.25) is 0 Å². The maximum atomic E-state index is 10.8. The molecule has 0 aromatic heterocycles. The molecule has 0 saturated heterocycles. The molecule has 14 heavy (non-hydrogen) atoms. The van der Waals surface area contributed by atoms with Gasteiger partial charge in [0.1, 0.15) is 0 Å². The van der Waals surface area contributed by atoms with Crippen LogP contribution < -0.4 is 0 Å². The van der Waals surface area contributed by atoms with Crippen LogP contribution >= 0.6 is 0 Å². The maximum Gasteiger partial charge on any atom is 0.513 e. The highest BCUT2D eigenvalue weighted by atomic mass is 16.7. The van der Waals surface area contributed by atoms with Gasteiger partial charge in [0.2, 0.25) is 0 Å². The summed E-state index contributed by atoms with van der Waals surface area (Å²) in [6.45, 7) is 0. The van der Waals surface area contributed by atoms with E-state index in [0.717, 1.165) is 5.56 Å². The van der Waals surface area contributed by atoms with Gasteiger partial charge in [0.25, 0.3) is 0 Å². The Morgan fingerprint density at radius 2 is 1.86 bits per heavy atom. The summed E-state index contributed by atoms with van der Waals surface area (Å²) in [5, 5.41) is 8.14. The molecule has 0 heterocycles. The monoisotopic (exact) mass is 194 g/mol. The van der Waals surface area contributed by atoms with Crippen LogP contribution in [0.1, 0.15) is 12.0 Å². The van der Waals surface area contributed by atoms with Gasteiger partial charge < -0.3 is 9.84 Å². The second-order valence-corrected chi connectivity index (χ2v) is 2.73. The van der Waals surface area contributed by atoms with Crippen molar-refractivity contribution in [3.05, 3.63) is 35.9 Å². The van der Waals surface area contributed by atoms with E-state index in [-0.39, 0.29) is 6.42 Å². The van der Waals surface area contributed by atoms with E-state index in [1.165, 1.54) is 0 Å². The third-order valence-electron chi connectivity index (χ3n) is 1.66. The van der Waals surface area contributed by atoms with Gasteiger partial charge in [0.05, 0.1) is 6.42 Å². The molecule has 4 heteroatoms. The van der Waals surface area contributed by atoms with Gasteiger partial charge in [-0.2, -0.15) is 0 Å². The summed E-state index contributed by atoms with van der Waals surface area (Å²) in [6.07, 6.45) is -0.980. The van der Waals surface area contributed by atoms with Crippen molar-refractivity contribution in [3.63, 3.8) is 0 Å². The molecule has 0 atom stereocenters. The van der Waals surface area contributed by atoms with Crippen molar-refractivity contribution < 1.29 is 19.4 Å². The van der Waals surface area contributed by atoms with Crippen LogP contribution in [-0.2, 0) is 16.0 Å². The zero-order valence-corrected chi connectivity index (χ0v) is 7.47. The molecule has 0 amide bonds. The molecule has 1 aromatic carbocycles. The lowest BCUT2D eigenvalue weighted by Gasteiger charge is -1.99. The van der Waals surface area contributed by atoms with Gasteiger partial charge in [0.15, 0.2) is 0 Å². The molecular formula is C10H10O4. The number of benzene rings is 1. The number of carbonyl (C=O) groups is 2. The van der Waals surface area contributed by atoms with Crippen LogP contribution in [-0.4, -0.2) is 17.2 Å². The van der Waals surface area contributed by atoms with E-state index in [9.17, 15) is 9.59 Å². The predicted octanol–water partition coefficient (Wildman–Crippen LogP) is 1.84.